The van der Waals surface area contributed by atoms with Crippen molar-refractivity contribution in [2.24, 2.45) is 15.0 Å². The lowest BCUT2D eigenvalue weighted by Crippen LogP contribution is -2.47. The minimum Gasteiger partial charge on any atom is -0.428 e. The highest BCUT2D eigenvalue weighted by Gasteiger charge is 2.11. The SMILES string of the molecule is N#COCCCCCC/N=c1/oc(=O)n(CCCCCCN=C=O)c(=O)n1CCCCCCN=C=O. The summed E-state index contributed by atoms with van der Waals surface area (Å²) in [6.45, 7) is 2.29. The van der Waals surface area contributed by atoms with Gasteiger partial charge in [-0.1, -0.05) is 32.1 Å². The normalized spacial score (nSPS) is 10.9. The Hall–Kier alpha value is -3.54. The molecule has 12 heteroatoms. The Labute approximate surface area is 210 Å². The van der Waals surface area contributed by atoms with Crippen LogP contribution in [0.2, 0.25) is 0 Å². The van der Waals surface area contributed by atoms with Crippen LogP contribution in [0.4, 0.5) is 0 Å². The number of carbonyl (C=O) groups excluding carboxylic acids is 2. The molecule has 0 aliphatic heterocycles. The van der Waals surface area contributed by atoms with E-state index in [0.29, 0.717) is 45.6 Å². The molecule has 12 nitrogen and oxygen atoms in total. The summed E-state index contributed by atoms with van der Waals surface area (Å²) in [7, 11) is 0. The number of hydrogen-bond donors (Lipinski definition) is 0. The minimum atomic E-state index is -0.721. The van der Waals surface area contributed by atoms with E-state index in [4.69, 9.17) is 9.68 Å². The molecule has 0 radical (unpaired) electrons. The van der Waals surface area contributed by atoms with Gasteiger partial charge in [0.15, 0.2) is 0 Å². The molecule has 1 heterocycles. The second kappa shape index (κ2) is 20.8. The van der Waals surface area contributed by atoms with Gasteiger partial charge in [0.05, 0.1) is 13.1 Å². The van der Waals surface area contributed by atoms with Crippen LogP contribution in [0.5, 0.6) is 0 Å². The third-order valence-corrected chi connectivity index (χ3v) is 5.49. The van der Waals surface area contributed by atoms with Crippen LogP contribution >= 0.6 is 0 Å². The highest BCUT2D eigenvalue weighted by Crippen LogP contribution is 2.03. The molecule has 0 aromatic carbocycles. The second-order valence-corrected chi connectivity index (χ2v) is 8.25. The zero-order valence-corrected chi connectivity index (χ0v) is 20.9. The lowest BCUT2D eigenvalue weighted by molar-refractivity contribution is 0.260. The lowest BCUT2D eigenvalue weighted by Gasteiger charge is -2.10. The summed E-state index contributed by atoms with van der Waals surface area (Å²) in [4.78, 5) is 57.3. The van der Waals surface area contributed by atoms with Crippen LogP contribution in [0, 0.1) is 11.5 Å². The molecule has 0 atom stereocenters. The molecule has 36 heavy (non-hydrogen) atoms. The van der Waals surface area contributed by atoms with Gasteiger partial charge < -0.3 is 9.15 Å². The van der Waals surface area contributed by atoms with E-state index in [0.717, 1.165) is 68.8 Å². The van der Waals surface area contributed by atoms with Crippen LogP contribution in [-0.4, -0.2) is 47.5 Å². The second-order valence-electron chi connectivity index (χ2n) is 8.25. The summed E-state index contributed by atoms with van der Waals surface area (Å²) < 4.78 is 12.6. The molecular formula is C24H36N6O6. The molecule has 0 saturated carbocycles. The Bertz CT molecular complexity index is 1070. The van der Waals surface area contributed by atoms with Gasteiger partial charge in [-0.3, -0.25) is 0 Å². The largest absolute Gasteiger partial charge is 0.428 e. The number of rotatable bonds is 21. The predicted molar refractivity (Wildman–Crippen MR) is 131 cm³/mol. The van der Waals surface area contributed by atoms with Gasteiger partial charge in [-0.05, 0) is 44.9 Å². The van der Waals surface area contributed by atoms with Gasteiger partial charge in [-0.15, -0.1) is 0 Å². The van der Waals surface area contributed by atoms with Gasteiger partial charge >= 0.3 is 17.1 Å². The molecule has 1 aromatic heterocycles. The molecule has 0 N–H and O–H groups in total. The van der Waals surface area contributed by atoms with E-state index in [-0.39, 0.29) is 12.2 Å². The molecule has 0 fully saturated rings. The van der Waals surface area contributed by atoms with Crippen molar-refractivity contribution in [1.29, 1.82) is 5.26 Å². The van der Waals surface area contributed by atoms with E-state index in [1.807, 2.05) is 0 Å². The average Bonchev–Trinajstić information content (AvgIpc) is 2.87. The maximum absolute atomic E-state index is 13.1. The fourth-order valence-corrected chi connectivity index (χ4v) is 3.57. The lowest BCUT2D eigenvalue weighted by atomic mass is 10.2. The van der Waals surface area contributed by atoms with Crippen molar-refractivity contribution in [2.75, 3.05) is 26.2 Å². The number of unbranched alkanes of at least 4 members (excludes halogenated alkanes) is 9. The summed E-state index contributed by atoms with van der Waals surface area (Å²) in [5.41, 5.74) is -0.402. The van der Waals surface area contributed by atoms with Gasteiger partial charge in [0.25, 0.3) is 6.26 Å². The van der Waals surface area contributed by atoms with Crippen LogP contribution in [0.25, 0.3) is 0 Å². The fourth-order valence-electron chi connectivity index (χ4n) is 3.57. The molecule has 0 aliphatic carbocycles. The first-order valence-electron chi connectivity index (χ1n) is 12.6. The molecule has 198 valence electrons. The molecule has 0 spiro atoms. The summed E-state index contributed by atoms with van der Waals surface area (Å²) in [5.74, 6) is -0.721. The van der Waals surface area contributed by atoms with E-state index in [1.165, 1.54) is 16.7 Å². The molecule has 0 unspecified atom stereocenters. The van der Waals surface area contributed by atoms with Crippen molar-refractivity contribution >= 4 is 12.2 Å². The van der Waals surface area contributed by atoms with Gasteiger partial charge in [-0.2, -0.15) is 5.26 Å². The van der Waals surface area contributed by atoms with Crippen LogP contribution in [0.1, 0.15) is 77.0 Å². The molecule has 1 rings (SSSR count). The van der Waals surface area contributed by atoms with Gasteiger partial charge in [0.1, 0.15) is 6.61 Å². The highest BCUT2D eigenvalue weighted by molar-refractivity contribution is 5.32. The highest BCUT2D eigenvalue weighted by atomic mass is 16.5. The first-order chi connectivity index (χ1) is 17.7. The zero-order chi connectivity index (χ0) is 26.3. The summed E-state index contributed by atoms with van der Waals surface area (Å²) >= 11 is 0. The molecule has 0 saturated heterocycles. The third kappa shape index (κ3) is 13.4. The Kier molecular flexibility index (Phi) is 17.6. The van der Waals surface area contributed by atoms with Crippen molar-refractivity contribution in [2.45, 2.75) is 90.1 Å². The van der Waals surface area contributed by atoms with Gasteiger partial charge in [0, 0.05) is 19.6 Å². The average molecular weight is 505 g/mol. The number of nitriles is 1. The first-order valence-corrected chi connectivity index (χ1v) is 12.6. The fraction of sp³-hybridized carbons (Fsp3) is 0.750. The summed E-state index contributed by atoms with van der Waals surface area (Å²) in [6.07, 6.45) is 14.1. The van der Waals surface area contributed by atoms with E-state index >= 15 is 0 Å². The van der Waals surface area contributed by atoms with Crippen LogP contribution in [0.3, 0.4) is 0 Å². The van der Waals surface area contributed by atoms with Crippen molar-refractivity contribution in [1.82, 2.24) is 9.13 Å². The van der Waals surface area contributed by atoms with Crippen molar-refractivity contribution in [3.05, 3.63) is 26.7 Å². The number of ether oxygens (including phenoxy) is 1. The first kappa shape index (κ1) is 30.5. The zero-order valence-electron chi connectivity index (χ0n) is 20.9. The van der Waals surface area contributed by atoms with E-state index < -0.39 is 11.4 Å². The Morgan fingerprint density at radius 1 is 0.722 bits per heavy atom. The Balaban J connectivity index is 2.80. The van der Waals surface area contributed by atoms with Crippen molar-refractivity contribution < 1.29 is 18.7 Å². The topological polar surface area (TPSA) is 161 Å². The van der Waals surface area contributed by atoms with Gasteiger partial charge in [0.2, 0.25) is 12.2 Å². The molecule has 0 bridgehead atoms. The van der Waals surface area contributed by atoms with E-state index in [1.54, 1.807) is 6.26 Å². The number of aromatic nitrogens is 2. The van der Waals surface area contributed by atoms with Gasteiger partial charge in [-0.25, -0.2) is 43.3 Å². The smallest absolute Gasteiger partial charge is 0.425 e. The number of nitrogens with zero attached hydrogens (tertiary/aromatic N) is 6. The maximum atomic E-state index is 13.1. The summed E-state index contributed by atoms with van der Waals surface area (Å²) in [5, 5.41) is 8.36. The molecule has 0 aliphatic rings. The number of aliphatic imine (C=N–C) groups is 2. The number of isocyanates is 2. The van der Waals surface area contributed by atoms with Crippen LogP contribution in [-0.2, 0) is 27.4 Å². The number of hydrogen-bond acceptors (Lipinski definition) is 10. The summed E-state index contributed by atoms with van der Waals surface area (Å²) in [6, 6.07) is 0. The maximum Gasteiger partial charge on any atom is 0.425 e. The Morgan fingerprint density at radius 3 is 1.83 bits per heavy atom. The minimum absolute atomic E-state index is 0.0337. The quantitative estimate of drug-likeness (QED) is 0.107. The van der Waals surface area contributed by atoms with E-state index in [9.17, 15) is 19.2 Å². The van der Waals surface area contributed by atoms with Crippen LogP contribution in [0.15, 0.2) is 29.0 Å². The van der Waals surface area contributed by atoms with Crippen LogP contribution < -0.4 is 17.1 Å². The monoisotopic (exact) mass is 504 g/mol. The third-order valence-electron chi connectivity index (χ3n) is 5.49. The Morgan fingerprint density at radius 2 is 1.25 bits per heavy atom. The molecule has 0 amide bonds. The van der Waals surface area contributed by atoms with Crippen molar-refractivity contribution in [3.8, 4) is 6.26 Å². The standard InChI is InChI=1S/C24H36N6O6/c25-19-35-18-12-6-3-9-15-28-22-29(16-10-4-1-7-13-26-20-31)23(33)30(24(34)36-22)17-11-5-2-8-14-27-21-32/h1-18H2/b28-22+. The molecular weight excluding hydrogens is 468 g/mol. The predicted octanol–water partition coefficient (Wildman–Crippen LogP) is 2.35. The van der Waals surface area contributed by atoms with E-state index in [2.05, 4.69) is 19.7 Å². The molecule has 1 aromatic rings. The van der Waals surface area contributed by atoms with Crippen molar-refractivity contribution in [3.63, 3.8) is 0 Å².